The lowest BCUT2D eigenvalue weighted by atomic mass is 10.0. The number of sulfonamides is 1. The molecule has 1 fully saturated rings. The molecule has 2 aliphatic heterocycles. The van der Waals surface area contributed by atoms with Gasteiger partial charge < -0.3 is 31.1 Å². The van der Waals surface area contributed by atoms with Gasteiger partial charge in [0.1, 0.15) is 6.04 Å². The molecule has 0 bridgehead atoms. The summed E-state index contributed by atoms with van der Waals surface area (Å²) in [5.74, 6) is -2.89. The molecule has 2 aromatic carbocycles. The Kier molecular flexibility index (Phi) is 8.49. The standard InChI is InChI=1S/C25H32N6O6S/c32-22(28-17-21(23(33)34)30-38(36,37)20-10-2-1-3-11-20)18-8-6-9-19(16-18)31-15-5-4-12-25(31,35)29-24-26-13-7-14-27-24/h1-3,6,8-11,16,21,30,35H,4-5,7,12-15,17H2,(H,28,32)(H,33,34)(H2,26,27,29)/t21-,25?/m0/s1. The predicted molar refractivity (Wildman–Crippen MR) is 141 cm³/mol. The minimum absolute atomic E-state index is 0.0812. The van der Waals surface area contributed by atoms with Crippen LogP contribution in [-0.2, 0) is 14.8 Å². The molecule has 0 saturated carbocycles. The number of aliphatic carboxylic acids is 1. The van der Waals surface area contributed by atoms with Crippen molar-refractivity contribution in [2.45, 2.75) is 42.5 Å². The SMILES string of the molecule is O=C(NC[C@H](NS(=O)(=O)c1ccccc1)C(=O)O)c1cccc(N2CCCCC2(O)NC2=NCCCN2)c1. The number of amides is 1. The predicted octanol–water partition coefficient (Wildman–Crippen LogP) is 0.423. The molecule has 0 radical (unpaired) electrons. The lowest BCUT2D eigenvalue weighted by Gasteiger charge is -2.45. The van der Waals surface area contributed by atoms with Gasteiger partial charge in [0.15, 0.2) is 5.96 Å². The molecule has 2 aromatic rings. The van der Waals surface area contributed by atoms with Crippen LogP contribution >= 0.6 is 0 Å². The molecule has 12 nitrogen and oxygen atoms in total. The van der Waals surface area contributed by atoms with Crippen LogP contribution in [-0.4, -0.2) is 74.5 Å². The molecule has 38 heavy (non-hydrogen) atoms. The van der Waals surface area contributed by atoms with E-state index in [1.165, 1.54) is 24.3 Å². The molecular formula is C25H32N6O6S. The molecule has 1 amide bonds. The molecule has 204 valence electrons. The van der Waals surface area contributed by atoms with E-state index < -0.39 is 40.3 Å². The zero-order valence-corrected chi connectivity index (χ0v) is 21.6. The van der Waals surface area contributed by atoms with Gasteiger partial charge in [-0.05, 0) is 49.6 Å². The number of benzene rings is 2. The van der Waals surface area contributed by atoms with Crippen molar-refractivity contribution in [2.24, 2.45) is 4.99 Å². The second-order valence-corrected chi connectivity index (χ2v) is 10.9. The highest BCUT2D eigenvalue weighted by atomic mass is 32.2. The summed E-state index contributed by atoms with van der Waals surface area (Å²) in [4.78, 5) is 30.7. The van der Waals surface area contributed by atoms with Crippen molar-refractivity contribution in [3.8, 4) is 0 Å². The number of nitrogens with zero attached hydrogens (tertiary/aromatic N) is 2. The molecule has 4 rings (SSSR count). The van der Waals surface area contributed by atoms with Crippen LogP contribution in [0.3, 0.4) is 0 Å². The lowest BCUT2D eigenvalue weighted by molar-refractivity contribution is -0.138. The number of carbonyl (C=O) groups is 2. The van der Waals surface area contributed by atoms with Gasteiger partial charge in [-0.3, -0.25) is 14.6 Å². The number of carboxylic acid groups (broad SMARTS) is 1. The van der Waals surface area contributed by atoms with Gasteiger partial charge in [0, 0.05) is 43.9 Å². The second kappa shape index (κ2) is 11.8. The van der Waals surface area contributed by atoms with Crippen LogP contribution in [0.1, 0.15) is 36.0 Å². The summed E-state index contributed by atoms with van der Waals surface area (Å²) >= 11 is 0. The Labute approximate surface area is 221 Å². The number of hydrogen-bond acceptors (Lipinski definition) is 9. The van der Waals surface area contributed by atoms with Gasteiger partial charge in [0.2, 0.25) is 15.9 Å². The molecule has 1 saturated heterocycles. The molecule has 2 heterocycles. The zero-order chi connectivity index (χ0) is 27.2. The Morgan fingerprint density at radius 2 is 1.89 bits per heavy atom. The maximum absolute atomic E-state index is 12.9. The molecule has 1 unspecified atom stereocenters. The molecule has 0 aromatic heterocycles. The van der Waals surface area contributed by atoms with E-state index in [1.807, 2.05) is 0 Å². The van der Waals surface area contributed by atoms with Gasteiger partial charge >= 0.3 is 5.97 Å². The molecule has 2 aliphatic rings. The summed E-state index contributed by atoms with van der Waals surface area (Å²) in [6.45, 7) is 1.51. The first-order chi connectivity index (χ1) is 18.2. The van der Waals surface area contributed by atoms with E-state index >= 15 is 0 Å². The van der Waals surface area contributed by atoms with Gasteiger partial charge in [-0.15, -0.1) is 0 Å². The van der Waals surface area contributed by atoms with E-state index in [4.69, 9.17) is 0 Å². The Bertz CT molecular complexity index is 1290. The minimum atomic E-state index is -4.10. The fourth-order valence-corrected chi connectivity index (χ4v) is 5.60. The number of aliphatic imine (C=N–C) groups is 1. The van der Waals surface area contributed by atoms with Crippen molar-refractivity contribution in [1.29, 1.82) is 0 Å². The molecular weight excluding hydrogens is 512 g/mol. The first-order valence-electron chi connectivity index (χ1n) is 12.4. The van der Waals surface area contributed by atoms with E-state index in [1.54, 1.807) is 35.2 Å². The van der Waals surface area contributed by atoms with Crippen molar-refractivity contribution in [1.82, 2.24) is 20.7 Å². The highest BCUT2D eigenvalue weighted by Crippen LogP contribution is 2.30. The van der Waals surface area contributed by atoms with E-state index in [-0.39, 0.29) is 10.5 Å². The van der Waals surface area contributed by atoms with Gasteiger partial charge in [-0.25, -0.2) is 8.42 Å². The fourth-order valence-electron chi connectivity index (χ4n) is 4.39. The highest BCUT2D eigenvalue weighted by molar-refractivity contribution is 7.89. The van der Waals surface area contributed by atoms with E-state index in [2.05, 4.69) is 25.7 Å². The number of nitrogens with one attached hydrogen (secondary N) is 4. The second-order valence-electron chi connectivity index (χ2n) is 9.15. The largest absolute Gasteiger partial charge is 0.480 e. The number of piperidine rings is 1. The molecule has 13 heteroatoms. The number of guanidine groups is 1. The van der Waals surface area contributed by atoms with Crippen LogP contribution in [0.15, 0.2) is 64.5 Å². The normalized spacial score (nSPS) is 20.6. The Hall–Kier alpha value is -3.68. The summed E-state index contributed by atoms with van der Waals surface area (Å²) < 4.78 is 27.2. The van der Waals surface area contributed by atoms with Crippen molar-refractivity contribution in [3.05, 3.63) is 60.2 Å². The van der Waals surface area contributed by atoms with Gasteiger partial charge in [-0.2, -0.15) is 4.72 Å². The van der Waals surface area contributed by atoms with Crippen LogP contribution in [0.2, 0.25) is 0 Å². The molecule has 0 aliphatic carbocycles. The zero-order valence-electron chi connectivity index (χ0n) is 20.8. The summed E-state index contributed by atoms with van der Waals surface area (Å²) in [7, 11) is -4.10. The van der Waals surface area contributed by atoms with Crippen molar-refractivity contribution in [2.75, 3.05) is 31.1 Å². The van der Waals surface area contributed by atoms with Crippen LogP contribution in [0.25, 0.3) is 0 Å². The van der Waals surface area contributed by atoms with Crippen molar-refractivity contribution < 1.29 is 28.2 Å². The minimum Gasteiger partial charge on any atom is -0.480 e. The Morgan fingerprint density at radius 3 is 2.61 bits per heavy atom. The maximum atomic E-state index is 12.9. The summed E-state index contributed by atoms with van der Waals surface area (Å²) in [6.07, 6.45) is 3.03. The van der Waals surface area contributed by atoms with Crippen LogP contribution in [0.5, 0.6) is 0 Å². The number of hydrogen-bond donors (Lipinski definition) is 6. The molecule has 0 spiro atoms. The van der Waals surface area contributed by atoms with E-state index in [9.17, 15) is 28.2 Å². The smallest absolute Gasteiger partial charge is 0.323 e. The summed E-state index contributed by atoms with van der Waals surface area (Å²) in [6, 6.07) is 12.4. The number of rotatable bonds is 9. The summed E-state index contributed by atoms with van der Waals surface area (Å²) in [5, 5.41) is 29.8. The third-order valence-electron chi connectivity index (χ3n) is 6.36. The van der Waals surface area contributed by atoms with Gasteiger partial charge in [0.25, 0.3) is 5.91 Å². The fraction of sp³-hybridized carbons (Fsp3) is 0.400. The first-order valence-corrected chi connectivity index (χ1v) is 13.9. The highest BCUT2D eigenvalue weighted by Gasteiger charge is 2.38. The Morgan fingerprint density at radius 1 is 1.11 bits per heavy atom. The van der Waals surface area contributed by atoms with E-state index in [0.717, 1.165) is 25.8 Å². The number of aliphatic hydroxyl groups is 1. The van der Waals surface area contributed by atoms with Crippen molar-refractivity contribution >= 4 is 33.5 Å². The van der Waals surface area contributed by atoms with E-state index in [0.29, 0.717) is 31.2 Å². The topological polar surface area (TPSA) is 172 Å². The van der Waals surface area contributed by atoms with Crippen LogP contribution < -0.4 is 25.6 Å². The maximum Gasteiger partial charge on any atom is 0.323 e. The third-order valence-corrected chi connectivity index (χ3v) is 7.84. The van der Waals surface area contributed by atoms with Gasteiger partial charge in [0.05, 0.1) is 4.90 Å². The number of anilines is 1. The first kappa shape index (κ1) is 27.4. The Balaban J connectivity index is 1.45. The molecule has 6 N–H and O–H groups in total. The average molecular weight is 545 g/mol. The average Bonchev–Trinajstić information content (AvgIpc) is 2.92. The van der Waals surface area contributed by atoms with Gasteiger partial charge in [-0.1, -0.05) is 24.3 Å². The lowest BCUT2D eigenvalue weighted by Crippen LogP contribution is -2.65. The monoisotopic (exact) mass is 544 g/mol. The molecule has 2 atom stereocenters. The quantitative estimate of drug-likeness (QED) is 0.245. The van der Waals surface area contributed by atoms with Crippen LogP contribution in [0, 0.1) is 0 Å². The number of carboxylic acids is 1. The third kappa shape index (κ3) is 6.60. The van der Waals surface area contributed by atoms with Crippen molar-refractivity contribution in [3.63, 3.8) is 0 Å². The summed E-state index contributed by atoms with van der Waals surface area (Å²) in [5.41, 5.74) is 0.835. The number of carbonyl (C=O) groups excluding carboxylic acids is 1. The van der Waals surface area contributed by atoms with Crippen LogP contribution in [0.4, 0.5) is 5.69 Å².